The average molecular weight is 167 g/mol. The molecule has 0 amide bonds. The van der Waals surface area contributed by atoms with Crippen LogP contribution in [0.15, 0.2) is 0 Å². The second-order valence-electron chi connectivity index (χ2n) is 3.18. The van der Waals surface area contributed by atoms with Crippen molar-refractivity contribution >= 4 is 0 Å². The van der Waals surface area contributed by atoms with E-state index in [-0.39, 0.29) is 0 Å². The summed E-state index contributed by atoms with van der Waals surface area (Å²) in [5.74, 6) is 1.61. The highest BCUT2D eigenvalue weighted by atomic mass is 15.5. The van der Waals surface area contributed by atoms with Gasteiger partial charge in [0, 0.05) is 12.5 Å². The first kappa shape index (κ1) is 7.67. The van der Waals surface area contributed by atoms with Crippen LogP contribution in [0.3, 0.4) is 0 Å². The minimum absolute atomic E-state index is 0.589. The van der Waals surface area contributed by atoms with Gasteiger partial charge in [-0.25, -0.2) is 4.68 Å². The zero-order valence-corrected chi connectivity index (χ0v) is 6.98. The number of aromatic nitrogens is 4. The Hall–Kier alpha value is -0.970. The fourth-order valence-corrected chi connectivity index (χ4v) is 1.45. The van der Waals surface area contributed by atoms with E-state index in [1.807, 2.05) is 4.68 Å². The second kappa shape index (κ2) is 3.18. The van der Waals surface area contributed by atoms with Gasteiger partial charge in [0.1, 0.15) is 0 Å². The SMILES string of the molecule is NCCn1nnnc1C1CCC1. The Morgan fingerprint density at radius 1 is 1.50 bits per heavy atom. The van der Waals surface area contributed by atoms with Gasteiger partial charge in [0.2, 0.25) is 0 Å². The van der Waals surface area contributed by atoms with Crippen molar-refractivity contribution in [2.45, 2.75) is 31.7 Å². The van der Waals surface area contributed by atoms with E-state index >= 15 is 0 Å². The Labute approximate surface area is 70.9 Å². The van der Waals surface area contributed by atoms with Crippen LogP contribution in [0.5, 0.6) is 0 Å². The summed E-state index contributed by atoms with van der Waals surface area (Å²) in [4.78, 5) is 0. The van der Waals surface area contributed by atoms with Crippen molar-refractivity contribution in [2.75, 3.05) is 6.54 Å². The van der Waals surface area contributed by atoms with E-state index in [2.05, 4.69) is 15.5 Å². The van der Waals surface area contributed by atoms with Gasteiger partial charge in [-0.15, -0.1) is 5.10 Å². The molecule has 1 aromatic rings. The molecule has 0 spiro atoms. The zero-order chi connectivity index (χ0) is 8.39. The molecule has 1 fully saturated rings. The third kappa shape index (κ3) is 1.20. The van der Waals surface area contributed by atoms with E-state index in [0.717, 1.165) is 12.4 Å². The molecule has 1 aliphatic carbocycles. The molecule has 2 rings (SSSR count). The van der Waals surface area contributed by atoms with Crippen molar-refractivity contribution < 1.29 is 0 Å². The lowest BCUT2D eigenvalue weighted by molar-refractivity contribution is 0.380. The summed E-state index contributed by atoms with van der Waals surface area (Å²) in [7, 11) is 0. The van der Waals surface area contributed by atoms with Gasteiger partial charge in [-0.1, -0.05) is 6.42 Å². The van der Waals surface area contributed by atoms with Crippen LogP contribution in [-0.2, 0) is 6.54 Å². The van der Waals surface area contributed by atoms with E-state index < -0.39 is 0 Å². The first-order chi connectivity index (χ1) is 5.92. The molecule has 5 nitrogen and oxygen atoms in total. The molecule has 1 heterocycles. The summed E-state index contributed by atoms with van der Waals surface area (Å²) in [6, 6.07) is 0. The quantitative estimate of drug-likeness (QED) is 0.682. The Kier molecular flexibility index (Phi) is 2.03. The van der Waals surface area contributed by atoms with E-state index in [1.54, 1.807) is 0 Å². The molecule has 2 N–H and O–H groups in total. The fourth-order valence-electron chi connectivity index (χ4n) is 1.45. The minimum atomic E-state index is 0.589. The number of rotatable bonds is 3. The molecular weight excluding hydrogens is 154 g/mol. The third-order valence-corrected chi connectivity index (χ3v) is 2.37. The van der Waals surface area contributed by atoms with Gasteiger partial charge in [-0.2, -0.15) is 0 Å². The molecule has 5 heteroatoms. The first-order valence-electron chi connectivity index (χ1n) is 4.38. The van der Waals surface area contributed by atoms with Crippen molar-refractivity contribution in [1.29, 1.82) is 0 Å². The number of hydrogen-bond donors (Lipinski definition) is 1. The third-order valence-electron chi connectivity index (χ3n) is 2.37. The topological polar surface area (TPSA) is 69.6 Å². The summed E-state index contributed by atoms with van der Waals surface area (Å²) in [5.41, 5.74) is 5.43. The summed E-state index contributed by atoms with van der Waals surface area (Å²) in [6.07, 6.45) is 3.76. The normalized spacial score (nSPS) is 17.8. The summed E-state index contributed by atoms with van der Waals surface area (Å²) >= 11 is 0. The van der Waals surface area contributed by atoms with Crippen LogP contribution < -0.4 is 5.73 Å². The Bertz CT molecular complexity index is 252. The molecular formula is C7H13N5. The lowest BCUT2D eigenvalue weighted by atomic mass is 9.85. The molecule has 0 aliphatic heterocycles. The van der Waals surface area contributed by atoms with Crippen molar-refractivity contribution in [3.05, 3.63) is 5.82 Å². The maximum Gasteiger partial charge on any atom is 0.154 e. The van der Waals surface area contributed by atoms with Crippen LogP contribution in [-0.4, -0.2) is 26.8 Å². The van der Waals surface area contributed by atoms with E-state index in [4.69, 9.17) is 5.73 Å². The summed E-state index contributed by atoms with van der Waals surface area (Å²) in [5, 5.41) is 11.5. The van der Waals surface area contributed by atoms with E-state index in [0.29, 0.717) is 12.5 Å². The lowest BCUT2D eigenvalue weighted by Crippen LogP contribution is -2.19. The number of nitrogens with two attached hydrogens (primary N) is 1. The molecule has 0 atom stereocenters. The van der Waals surface area contributed by atoms with Gasteiger partial charge in [0.15, 0.2) is 5.82 Å². The highest BCUT2D eigenvalue weighted by Gasteiger charge is 2.24. The second-order valence-corrected chi connectivity index (χ2v) is 3.18. The standard InChI is InChI=1S/C7H13N5/c8-4-5-12-7(9-10-11-12)6-2-1-3-6/h6H,1-5,8H2. The number of hydrogen-bond acceptors (Lipinski definition) is 4. The molecule has 0 saturated heterocycles. The van der Waals surface area contributed by atoms with Crippen molar-refractivity contribution in [2.24, 2.45) is 5.73 Å². The average Bonchev–Trinajstić information content (AvgIpc) is 2.35. The van der Waals surface area contributed by atoms with E-state index in [9.17, 15) is 0 Å². The van der Waals surface area contributed by atoms with Gasteiger partial charge in [0.05, 0.1) is 6.54 Å². The molecule has 1 saturated carbocycles. The highest BCUT2D eigenvalue weighted by Crippen LogP contribution is 2.34. The monoisotopic (exact) mass is 167 g/mol. The predicted molar refractivity (Wildman–Crippen MR) is 43.5 cm³/mol. The van der Waals surface area contributed by atoms with Crippen LogP contribution in [0.2, 0.25) is 0 Å². The summed E-state index contributed by atoms with van der Waals surface area (Å²) in [6.45, 7) is 1.34. The smallest absolute Gasteiger partial charge is 0.154 e. The van der Waals surface area contributed by atoms with Crippen LogP contribution in [0, 0.1) is 0 Å². The molecule has 0 bridgehead atoms. The summed E-state index contributed by atoms with van der Waals surface area (Å²) < 4.78 is 1.82. The van der Waals surface area contributed by atoms with Gasteiger partial charge in [-0.05, 0) is 23.3 Å². The lowest BCUT2D eigenvalue weighted by Gasteiger charge is -2.23. The van der Waals surface area contributed by atoms with Crippen molar-refractivity contribution in [3.63, 3.8) is 0 Å². The maximum atomic E-state index is 5.43. The zero-order valence-electron chi connectivity index (χ0n) is 6.98. The van der Waals surface area contributed by atoms with Crippen LogP contribution in [0.1, 0.15) is 31.0 Å². The number of tetrazole rings is 1. The number of nitrogens with zero attached hydrogens (tertiary/aromatic N) is 4. The van der Waals surface area contributed by atoms with Crippen LogP contribution in [0.25, 0.3) is 0 Å². The minimum Gasteiger partial charge on any atom is -0.329 e. The fraction of sp³-hybridized carbons (Fsp3) is 0.857. The first-order valence-corrected chi connectivity index (χ1v) is 4.38. The molecule has 0 radical (unpaired) electrons. The molecule has 0 aromatic carbocycles. The molecule has 1 aliphatic rings. The van der Waals surface area contributed by atoms with E-state index in [1.165, 1.54) is 19.3 Å². The molecule has 0 unspecified atom stereocenters. The van der Waals surface area contributed by atoms with Crippen LogP contribution in [0.4, 0.5) is 0 Å². The highest BCUT2D eigenvalue weighted by molar-refractivity contribution is 4.98. The Morgan fingerprint density at radius 3 is 2.92 bits per heavy atom. The molecule has 1 aromatic heterocycles. The predicted octanol–water partition coefficient (Wildman–Crippen LogP) is -0.101. The maximum absolute atomic E-state index is 5.43. The largest absolute Gasteiger partial charge is 0.329 e. The van der Waals surface area contributed by atoms with Crippen molar-refractivity contribution in [3.8, 4) is 0 Å². The molecule has 66 valence electrons. The van der Waals surface area contributed by atoms with Gasteiger partial charge >= 0.3 is 0 Å². The molecule has 12 heavy (non-hydrogen) atoms. The van der Waals surface area contributed by atoms with Crippen LogP contribution >= 0.6 is 0 Å². The van der Waals surface area contributed by atoms with Crippen molar-refractivity contribution in [1.82, 2.24) is 20.2 Å². The van der Waals surface area contributed by atoms with Gasteiger partial charge in [0.25, 0.3) is 0 Å². The Balaban J connectivity index is 2.12. The van der Waals surface area contributed by atoms with Gasteiger partial charge < -0.3 is 5.73 Å². The Morgan fingerprint density at radius 2 is 2.33 bits per heavy atom. The van der Waals surface area contributed by atoms with Gasteiger partial charge in [-0.3, -0.25) is 0 Å².